The zero-order valence-corrected chi connectivity index (χ0v) is 12.8. The smallest absolute Gasteiger partial charge is 0.338 e. The minimum absolute atomic E-state index is 0.134. The highest BCUT2D eigenvalue weighted by molar-refractivity contribution is 7.94. The molecule has 112 valence electrons. The molecule has 0 aliphatic carbocycles. The number of benzene rings is 1. The standard InChI is InChI=1S/C13H14N2O4S2/c1-2-19-13(16)9-3-5-11(6-4-9)15-21(17,18)12-7-10(14)8-20-12/h3-8,15H,2,14H2,1H3. The molecule has 0 saturated heterocycles. The Labute approximate surface area is 126 Å². The Kier molecular flexibility index (Phi) is 4.49. The lowest BCUT2D eigenvalue weighted by atomic mass is 10.2. The first kappa shape index (κ1) is 15.3. The summed E-state index contributed by atoms with van der Waals surface area (Å²) in [5.74, 6) is -0.446. The van der Waals surface area contributed by atoms with Gasteiger partial charge in [-0.3, -0.25) is 4.72 Å². The van der Waals surface area contributed by atoms with E-state index in [0.717, 1.165) is 11.3 Å². The van der Waals surface area contributed by atoms with E-state index in [9.17, 15) is 13.2 Å². The molecule has 21 heavy (non-hydrogen) atoms. The molecule has 2 rings (SSSR count). The number of nitrogens with one attached hydrogen (secondary N) is 1. The van der Waals surface area contributed by atoms with Gasteiger partial charge in [-0.25, -0.2) is 13.2 Å². The first-order valence-corrected chi connectivity index (χ1v) is 8.42. The van der Waals surface area contributed by atoms with Crippen molar-refractivity contribution >= 4 is 38.7 Å². The Hall–Kier alpha value is -2.06. The molecule has 0 saturated carbocycles. The van der Waals surface area contributed by atoms with Crippen LogP contribution in [0.1, 0.15) is 17.3 Å². The van der Waals surface area contributed by atoms with Gasteiger partial charge in [0.2, 0.25) is 0 Å². The van der Waals surface area contributed by atoms with E-state index >= 15 is 0 Å². The van der Waals surface area contributed by atoms with Gasteiger partial charge in [-0.2, -0.15) is 0 Å². The number of nitrogen functional groups attached to an aromatic ring is 1. The third-order valence-corrected chi connectivity index (χ3v) is 5.35. The average molecular weight is 326 g/mol. The summed E-state index contributed by atoms with van der Waals surface area (Å²) < 4.78 is 31.6. The summed E-state index contributed by atoms with van der Waals surface area (Å²) in [4.78, 5) is 11.5. The minimum Gasteiger partial charge on any atom is -0.462 e. The number of sulfonamides is 1. The number of hydrogen-bond acceptors (Lipinski definition) is 6. The van der Waals surface area contributed by atoms with Gasteiger partial charge in [-0.05, 0) is 37.3 Å². The van der Waals surface area contributed by atoms with Gasteiger partial charge < -0.3 is 10.5 Å². The molecule has 6 nitrogen and oxygen atoms in total. The van der Waals surface area contributed by atoms with Crippen molar-refractivity contribution in [1.29, 1.82) is 0 Å². The van der Waals surface area contributed by atoms with Gasteiger partial charge in [0.15, 0.2) is 0 Å². The molecule has 0 radical (unpaired) electrons. The summed E-state index contributed by atoms with van der Waals surface area (Å²) in [7, 11) is -3.66. The van der Waals surface area contributed by atoms with Gasteiger partial charge in [0.05, 0.1) is 12.2 Å². The van der Waals surface area contributed by atoms with Crippen LogP contribution in [0, 0.1) is 0 Å². The first-order chi connectivity index (χ1) is 9.92. The normalized spacial score (nSPS) is 11.1. The molecule has 1 aromatic carbocycles. The van der Waals surface area contributed by atoms with E-state index < -0.39 is 16.0 Å². The van der Waals surface area contributed by atoms with Crippen LogP contribution in [0.4, 0.5) is 11.4 Å². The Balaban J connectivity index is 2.15. The summed E-state index contributed by atoms with van der Waals surface area (Å²) >= 11 is 1.04. The van der Waals surface area contributed by atoms with Gasteiger partial charge in [0.25, 0.3) is 10.0 Å². The van der Waals surface area contributed by atoms with Crippen molar-refractivity contribution in [1.82, 2.24) is 0 Å². The Morgan fingerprint density at radius 1 is 1.33 bits per heavy atom. The fourth-order valence-electron chi connectivity index (χ4n) is 1.57. The molecule has 1 aromatic heterocycles. The van der Waals surface area contributed by atoms with Crippen LogP contribution in [0.2, 0.25) is 0 Å². The average Bonchev–Trinajstić information content (AvgIpc) is 2.87. The van der Waals surface area contributed by atoms with Crippen LogP contribution in [0.5, 0.6) is 0 Å². The lowest BCUT2D eigenvalue weighted by molar-refractivity contribution is 0.0526. The fourth-order valence-corrected chi connectivity index (χ4v) is 3.70. The molecule has 0 bridgehead atoms. The number of carbonyl (C=O) groups is 1. The summed E-state index contributed by atoms with van der Waals surface area (Å²) in [6.07, 6.45) is 0. The number of carbonyl (C=O) groups excluding carboxylic acids is 1. The molecule has 0 unspecified atom stereocenters. The van der Waals surface area contributed by atoms with Gasteiger partial charge >= 0.3 is 5.97 Å². The highest BCUT2D eigenvalue weighted by Crippen LogP contribution is 2.24. The predicted octanol–water partition coefficient (Wildman–Crippen LogP) is 2.31. The van der Waals surface area contributed by atoms with Crippen molar-refractivity contribution in [2.24, 2.45) is 0 Å². The SMILES string of the molecule is CCOC(=O)c1ccc(NS(=O)(=O)c2cc(N)cs2)cc1. The summed E-state index contributed by atoms with van der Waals surface area (Å²) in [6, 6.07) is 7.39. The third-order valence-electron chi connectivity index (χ3n) is 2.51. The van der Waals surface area contributed by atoms with Crippen LogP contribution in [0.3, 0.4) is 0 Å². The molecule has 0 amide bonds. The number of rotatable bonds is 5. The second-order valence-corrected chi connectivity index (χ2v) is 6.92. The van der Waals surface area contributed by atoms with Crippen molar-refractivity contribution in [3.8, 4) is 0 Å². The summed E-state index contributed by atoms with van der Waals surface area (Å²) in [6.45, 7) is 2.00. The zero-order valence-electron chi connectivity index (χ0n) is 11.2. The van der Waals surface area contributed by atoms with E-state index in [1.807, 2.05) is 0 Å². The number of thiophene rings is 1. The second kappa shape index (κ2) is 6.15. The largest absolute Gasteiger partial charge is 0.462 e. The predicted molar refractivity (Wildman–Crippen MR) is 81.9 cm³/mol. The maximum absolute atomic E-state index is 12.1. The van der Waals surface area contributed by atoms with Crippen molar-refractivity contribution < 1.29 is 17.9 Å². The molecule has 8 heteroatoms. The van der Waals surface area contributed by atoms with E-state index in [2.05, 4.69) is 4.72 Å². The van der Waals surface area contributed by atoms with Crippen molar-refractivity contribution in [2.45, 2.75) is 11.1 Å². The van der Waals surface area contributed by atoms with Crippen LogP contribution >= 0.6 is 11.3 Å². The number of esters is 1. The lowest BCUT2D eigenvalue weighted by Gasteiger charge is -2.07. The zero-order chi connectivity index (χ0) is 15.5. The monoisotopic (exact) mass is 326 g/mol. The maximum atomic E-state index is 12.1. The fraction of sp³-hybridized carbons (Fsp3) is 0.154. The quantitative estimate of drug-likeness (QED) is 0.822. The van der Waals surface area contributed by atoms with Gasteiger partial charge in [-0.1, -0.05) is 0 Å². The van der Waals surface area contributed by atoms with Crippen LogP contribution in [-0.4, -0.2) is 21.0 Å². The third kappa shape index (κ3) is 3.73. The van der Waals surface area contributed by atoms with Crippen molar-refractivity contribution in [3.05, 3.63) is 41.3 Å². The molecule has 2 aromatic rings. The van der Waals surface area contributed by atoms with E-state index in [0.29, 0.717) is 16.9 Å². The molecule has 0 fully saturated rings. The van der Waals surface area contributed by atoms with Crippen LogP contribution in [0.25, 0.3) is 0 Å². The number of anilines is 2. The topological polar surface area (TPSA) is 98.5 Å². The van der Waals surface area contributed by atoms with Crippen LogP contribution in [0.15, 0.2) is 39.9 Å². The molecule has 0 atom stereocenters. The first-order valence-electron chi connectivity index (χ1n) is 6.06. The molecule has 0 aliphatic rings. The molecular formula is C13H14N2O4S2. The van der Waals surface area contributed by atoms with Crippen LogP contribution < -0.4 is 10.5 Å². The highest BCUT2D eigenvalue weighted by atomic mass is 32.2. The van der Waals surface area contributed by atoms with E-state index in [1.165, 1.54) is 30.3 Å². The highest BCUT2D eigenvalue weighted by Gasteiger charge is 2.16. The molecule has 3 N–H and O–H groups in total. The van der Waals surface area contributed by atoms with Gasteiger partial charge in [0, 0.05) is 16.8 Å². The summed E-state index contributed by atoms with van der Waals surface area (Å²) in [5.41, 5.74) is 6.64. The molecule has 0 spiro atoms. The van der Waals surface area contributed by atoms with Gasteiger partial charge in [-0.15, -0.1) is 11.3 Å². The lowest BCUT2D eigenvalue weighted by Crippen LogP contribution is -2.12. The Bertz CT molecular complexity index is 736. The van der Waals surface area contributed by atoms with E-state index in [-0.39, 0.29) is 10.8 Å². The van der Waals surface area contributed by atoms with Crippen molar-refractivity contribution in [2.75, 3.05) is 17.1 Å². The number of nitrogens with two attached hydrogens (primary N) is 1. The second-order valence-electron chi connectivity index (χ2n) is 4.10. The number of ether oxygens (including phenoxy) is 1. The number of hydrogen-bond donors (Lipinski definition) is 2. The maximum Gasteiger partial charge on any atom is 0.338 e. The Morgan fingerprint density at radius 3 is 2.52 bits per heavy atom. The van der Waals surface area contributed by atoms with E-state index in [4.69, 9.17) is 10.5 Å². The van der Waals surface area contributed by atoms with Crippen LogP contribution in [-0.2, 0) is 14.8 Å². The molecule has 1 heterocycles. The van der Waals surface area contributed by atoms with Gasteiger partial charge in [0.1, 0.15) is 4.21 Å². The Morgan fingerprint density at radius 2 is 2.00 bits per heavy atom. The minimum atomic E-state index is -3.66. The molecular weight excluding hydrogens is 312 g/mol. The van der Waals surface area contributed by atoms with Crippen molar-refractivity contribution in [3.63, 3.8) is 0 Å². The summed E-state index contributed by atoms with van der Waals surface area (Å²) in [5, 5.41) is 1.55. The van der Waals surface area contributed by atoms with E-state index in [1.54, 1.807) is 12.3 Å². The molecule has 0 aliphatic heterocycles.